The summed E-state index contributed by atoms with van der Waals surface area (Å²) in [5, 5.41) is 20.8. The standard InChI is InChI=1S/C16H13N3O3/c17-15-12(8-11-2-1-3-13(20)14(11)22-15)16(21)19-9-10-4-6-18-7-5-10/h1-8,17,20H,9H2,(H,19,21). The SMILES string of the molecule is N=c1oc2c(O)cccc2cc1C(=O)NCc1ccncc1. The highest BCUT2D eigenvalue weighted by molar-refractivity contribution is 5.97. The summed E-state index contributed by atoms with van der Waals surface area (Å²) in [7, 11) is 0. The van der Waals surface area contributed by atoms with Crippen LogP contribution in [-0.2, 0) is 6.54 Å². The molecular formula is C16H13N3O3. The number of carbonyl (C=O) groups is 1. The molecule has 0 radical (unpaired) electrons. The van der Waals surface area contributed by atoms with Gasteiger partial charge in [0.1, 0.15) is 5.56 Å². The number of nitrogens with zero attached hydrogens (tertiary/aromatic N) is 1. The lowest BCUT2D eigenvalue weighted by molar-refractivity contribution is 0.0946. The molecule has 2 aromatic heterocycles. The average molecular weight is 295 g/mol. The Balaban J connectivity index is 1.88. The zero-order chi connectivity index (χ0) is 15.5. The van der Waals surface area contributed by atoms with Crippen molar-refractivity contribution in [3.05, 3.63) is 65.5 Å². The Morgan fingerprint density at radius 3 is 2.82 bits per heavy atom. The Bertz CT molecular complexity index is 888. The predicted octanol–water partition coefficient (Wildman–Crippen LogP) is 1.94. The van der Waals surface area contributed by atoms with E-state index in [0.29, 0.717) is 11.9 Å². The minimum Gasteiger partial charge on any atom is -0.504 e. The summed E-state index contributed by atoms with van der Waals surface area (Å²) in [6.45, 7) is 0.332. The number of phenolic OH excluding ortho intramolecular Hbond substituents is 1. The maximum absolute atomic E-state index is 12.2. The van der Waals surface area contributed by atoms with Crippen molar-refractivity contribution in [2.45, 2.75) is 6.54 Å². The summed E-state index contributed by atoms with van der Waals surface area (Å²) in [5.74, 6) is -0.467. The minimum absolute atomic E-state index is 0.0604. The molecule has 0 fully saturated rings. The van der Waals surface area contributed by atoms with E-state index >= 15 is 0 Å². The van der Waals surface area contributed by atoms with Crippen LogP contribution in [0.2, 0.25) is 0 Å². The number of carbonyl (C=O) groups excluding carboxylic acids is 1. The summed E-state index contributed by atoms with van der Waals surface area (Å²) >= 11 is 0. The molecule has 0 spiro atoms. The van der Waals surface area contributed by atoms with Gasteiger partial charge in [-0.1, -0.05) is 12.1 Å². The van der Waals surface area contributed by atoms with Crippen LogP contribution in [0.3, 0.4) is 0 Å². The number of nitrogens with one attached hydrogen (secondary N) is 2. The monoisotopic (exact) mass is 295 g/mol. The number of benzene rings is 1. The van der Waals surface area contributed by atoms with Crippen molar-refractivity contribution < 1.29 is 14.3 Å². The molecule has 0 aliphatic carbocycles. The van der Waals surface area contributed by atoms with Crippen molar-refractivity contribution in [3.8, 4) is 5.75 Å². The molecule has 0 saturated carbocycles. The molecule has 6 nitrogen and oxygen atoms in total. The first-order valence-corrected chi connectivity index (χ1v) is 6.62. The molecule has 0 aliphatic rings. The topological polar surface area (TPSA) is 99.2 Å². The van der Waals surface area contributed by atoms with Crippen LogP contribution >= 0.6 is 0 Å². The lowest BCUT2D eigenvalue weighted by Gasteiger charge is -2.06. The Morgan fingerprint density at radius 1 is 1.27 bits per heavy atom. The van der Waals surface area contributed by atoms with Gasteiger partial charge in [0.05, 0.1) is 0 Å². The van der Waals surface area contributed by atoms with Crippen LogP contribution in [-0.4, -0.2) is 16.0 Å². The molecule has 0 unspecified atom stereocenters. The van der Waals surface area contributed by atoms with Crippen molar-refractivity contribution in [2.75, 3.05) is 0 Å². The maximum atomic E-state index is 12.2. The van der Waals surface area contributed by atoms with Crippen LogP contribution in [0.5, 0.6) is 5.75 Å². The first kappa shape index (κ1) is 13.8. The smallest absolute Gasteiger partial charge is 0.257 e. The number of phenols is 1. The van der Waals surface area contributed by atoms with Gasteiger partial charge in [0, 0.05) is 24.3 Å². The zero-order valence-corrected chi connectivity index (χ0v) is 11.5. The summed E-state index contributed by atoms with van der Waals surface area (Å²) in [5.41, 5.74) is 0.928. The molecule has 22 heavy (non-hydrogen) atoms. The molecule has 0 bridgehead atoms. The summed E-state index contributed by atoms with van der Waals surface area (Å²) < 4.78 is 5.24. The van der Waals surface area contributed by atoms with Crippen molar-refractivity contribution in [1.29, 1.82) is 5.41 Å². The van der Waals surface area contributed by atoms with Crippen LogP contribution in [0, 0.1) is 5.41 Å². The molecule has 110 valence electrons. The number of hydrogen-bond acceptors (Lipinski definition) is 5. The van der Waals surface area contributed by atoms with Gasteiger partial charge in [0.15, 0.2) is 11.3 Å². The Kier molecular flexibility index (Phi) is 3.57. The summed E-state index contributed by atoms with van der Waals surface area (Å²) in [6.07, 6.45) is 3.29. The van der Waals surface area contributed by atoms with Gasteiger partial charge in [-0.3, -0.25) is 15.2 Å². The fourth-order valence-corrected chi connectivity index (χ4v) is 2.09. The Labute approximate surface area is 125 Å². The largest absolute Gasteiger partial charge is 0.504 e. The van der Waals surface area contributed by atoms with E-state index in [1.165, 1.54) is 12.1 Å². The van der Waals surface area contributed by atoms with E-state index in [9.17, 15) is 9.90 Å². The van der Waals surface area contributed by atoms with E-state index in [-0.39, 0.29) is 22.5 Å². The number of amides is 1. The van der Waals surface area contributed by atoms with E-state index in [1.54, 1.807) is 36.7 Å². The van der Waals surface area contributed by atoms with Crippen molar-refractivity contribution in [1.82, 2.24) is 10.3 Å². The van der Waals surface area contributed by atoms with Gasteiger partial charge >= 0.3 is 0 Å². The van der Waals surface area contributed by atoms with E-state index in [2.05, 4.69) is 10.3 Å². The van der Waals surface area contributed by atoms with Crippen LogP contribution in [0.1, 0.15) is 15.9 Å². The highest BCUT2D eigenvalue weighted by Crippen LogP contribution is 2.23. The second-order valence-electron chi connectivity index (χ2n) is 4.72. The third kappa shape index (κ3) is 2.67. The zero-order valence-electron chi connectivity index (χ0n) is 11.5. The number of hydrogen-bond donors (Lipinski definition) is 3. The van der Waals surface area contributed by atoms with Crippen molar-refractivity contribution >= 4 is 16.9 Å². The third-order valence-electron chi connectivity index (χ3n) is 3.22. The fraction of sp³-hybridized carbons (Fsp3) is 0.0625. The van der Waals surface area contributed by atoms with Crippen molar-refractivity contribution in [3.63, 3.8) is 0 Å². The van der Waals surface area contributed by atoms with Crippen molar-refractivity contribution in [2.24, 2.45) is 0 Å². The van der Waals surface area contributed by atoms with Gasteiger partial charge in [-0.25, -0.2) is 0 Å². The highest BCUT2D eigenvalue weighted by Gasteiger charge is 2.12. The predicted molar refractivity (Wildman–Crippen MR) is 79.1 cm³/mol. The molecule has 1 aromatic carbocycles. The molecule has 2 heterocycles. The molecular weight excluding hydrogens is 282 g/mol. The lowest BCUT2D eigenvalue weighted by Crippen LogP contribution is -2.27. The minimum atomic E-state index is -0.407. The van der Waals surface area contributed by atoms with Crippen LogP contribution in [0.15, 0.2) is 53.2 Å². The second kappa shape index (κ2) is 5.69. The van der Waals surface area contributed by atoms with E-state index in [1.807, 2.05) is 0 Å². The number of rotatable bonds is 3. The number of aromatic hydroxyl groups is 1. The van der Waals surface area contributed by atoms with Gasteiger partial charge in [-0.15, -0.1) is 0 Å². The van der Waals surface area contributed by atoms with Crippen LogP contribution < -0.4 is 10.9 Å². The fourth-order valence-electron chi connectivity index (χ4n) is 2.09. The lowest BCUT2D eigenvalue weighted by atomic mass is 10.1. The summed E-state index contributed by atoms with van der Waals surface area (Å²) in [4.78, 5) is 16.1. The quantitative estimate of drug-likeness (QED) is 0.687. The van der Waals surface area contributed by atoms with E-state index in [0.717, 1.165) is 5.56 Å². The first-order chi connectivity index (χ1) is 10.6. The number of pyridine rings is 1. The Hall–Kier alpha value is -3.15. The Morgan fingerprint density at radius 2 is 2.05 bits per heavy atom. The van der Waals surface area contributed by atoms with Gasteiger partial charge < -0.3 is 14.8 Å². The molecule has 0 atom stereocenters. The molecule has 0 aliphatic heterocycles. The van der Waals surface area contributed by atoms with Crippen LogP contribution in [0.4, 0.5) is 0 Å². The summed E-state index contributed by atoms with van der Waals surface area (Å²) in [6, 6.07) is 9.94. The van der Waals surface area contributed by atoms with Gasteiger partial charge in [-0.2, -0.15) is 0 Å². The number of fused-ring (bicyclic) bond motifs is 1. The molecule has 3 aromatic rings. The molecule has 3 rings (SSSR count). The number of para-hydroxylation sites is 1. The van der Waals surface area contributed by atoms with E-state index < -0.39 is 5.91 Å². The van der Waals surface area contributed by atoms with Gasteiger partial charge in [0.2, 0.25) is 5.55 Å². The number of aromatic nitrogens is 1. The second-order valence-corrected chi connectivity index (χ2v) is 4.72. The molecule has 1 amide bonds. The van der Waals surface area contributed by atoms with Gasteiger partial charge in [0.25, 0.3) is 5.91 Å². The average Bonchev–Trinajstić information content (AvgIpc) is 2.54. The highest BCUT2D eigenvalue weighted by atomic mass is 16.4. The van der Waals surface area contributed by atoms with Gasteiger partial charge in [-0.05, 0) is 29.8 Å². The molecule has 6 heteroatoms. The normalized spacial score (nSPS) is 10.5. The van der Waals surface area contributed by atoms with E-state index in [4.69, 9.17) is 9.83 Å². The third-order valence-corrected chi connectivity index (χ3v) is 3.22. The first-order valence-electron chi connectivity index (χ1n) is 6.62. The van der Waals surface area contributed by atoms with Crippen LogP contribution in [0.25, 0.3) is 11.0 Å². The molecule has 0 saturated heterocycles. The molecule has 3 N–H and O–H groups in total. The maximum Gasteiger partial charge on any atom is 0.257 e.